The fourth-order valence-electron chi connectivity index (χ4n) is 3.72. The van der Waals surface area contributed by atoms with E-state index in [1.165, 1.54) is 4.68 Å². The van der Waals surface area contributed by atoms with E-state index < -0.39 is 17.7 Å². The van der Waals surface area contributed by atoms with E-state index in [2.05, 4.69) is 32.0 Å². The zero-order valence-electron chi connectivity index (χ0n) is 19.2. The smallest absolute Gasteiger partial charge is 0.320 e. The highest BCUT2D eigenvalue weighted by molar-refractivity contribution is 9.10. The molecule has 0 aliphatic carbocycles. The van der Waals surface area contributed by atoms with Crippen LogP contribution >= 0.6 is 27.5 Å². The summed E-state index contributed by atoms with van der Waals surface area (Å²) in [5.74, 6) is -2.26. The van der Waals surface area contributed by atoms with Gasteiger partial charge in [0, 0.05) is 20.6 Å². The minimum Gasteiger partial charge on any atom is -0.320 e. The third-order valence-electron chi connectivity index (χ3n) is 5.51. The molecular formula is C26H22BrClN4O3. The van der Waals surface area contributed by atoms with E-state index in [0.717, 1.165) is 16.7 Å². The number of carbonyl (C=O) groups excluding carboxylic acids is 3. The Bertz CT molecular complexity index is 1480. The Kier molecular flexibility index (Phi) is 6.95. The molecular weight excluding hydrogens is 532 g/mol. The number of aryl methyl sites for hydroxylation is 3. The quantitative estimate of drug-likeness (QED) is 0.273. The minimum atomic E-state index is -0.925. The average Bonchev–Trinajstić information content (AvgIpc) is 3.15. The normalized spacial score (nSPS) is 10.8. The highest BCUT2D eigenvalue weighted by Gasteiger charge is 2.22. The third kappa shape index (κ3) is 5.23. The molecule has 4 rings (SSSR count). The first-order valence-electron chi connectivity index (χ1n) is 10.7. The SMILES string of the molecule is Cc1ccc(NC(=O)c2cc3cc(Cl)ccc3n2NC(=O)C(=O)Nc2c(C)cccc2C)c(Br)c1. The van der Waals surface area contributed by atoms with Crippen LogP contribution in [0.25, 0.3) is 10.9 Å². The lowest BCUT2D eigenvalue weighted by atomic mass is 10.1. The van der Waals surface area contributed by atoms with Gasteiger partial charge in [-0.2, -0.15) is 0 Å². The maximum absolute atomic E-state index is 13.2. The molecule has 0 radical (unpaired) electrons. The number of para-hydroxylation sites is 1. The summed E-state index contributed by atoms with van der Waals surface area (Å²) >= 11 is 9.59. The lowest BCUT2D eigenvalue weighted by molar-refractivity contribution is -0.133. The van der Waals surface area contributed by atoms with E-state index >= 15 is 0 Å². The Morgan fingerprint density at radius 2 is 1.57 bits per heavy atom. The number of hydrogen-bond donors (Lipinski definition) is 3. The molecule has 3 N–H and O–H groups in total. The number of nitrogens with zero attached hydrogens (tertiary/aromatic N) is 1. The van der Waals surface area contributed by atoms with Gasteiger partial charge >= 0.3 is 11.8 Å². The average molecular weight is 554 g/mol. The van der Waals surface area contributed by atoms with E-state index in [4.69, 9.17) is 11.6 Å². The molecule has 0 unspecified atom stereocenters. The lowest BCUT2D eigenvalue weighted by Crippen LogP contribution is -2.36. The molecule has 178 valence electrons. The molecule has 4 aromatic rings. The molecule has 0 saturated carbocycles. The highest BCUT2D eigenvalue weighted by Crippen LogP contribution is 2.27. The maximum Gasteiger partial charge on any atom is 0.328 e. The largest absolute Gasteiger partial charge is 0.328 e. The predicted molar refractivity (Wildman–Crippen MR) is 143 cm³/mol. The molecule has 35 heavy (non-hydrogen) atoms. The number of fused-ring (bicyclic) bond motifs is 1. The van der Waals surface area contributed by atoms with E-state index in [0.29, 0.717) is 31.8 Å². The van der Waals surface area contributed by atoms with Gasteiger partial charge in [-0.05, 0) is 89.8 Å². The summed E-state index contributed by atoms with van der Waals surface area (Å²) in [6.45, 7) is 5.63. The predicted octanol–water partition coefficient (Wildman–Crippen LogP) is 5.94. The van der Waals surface area contributed by atoms with Gasteiger partial charge in [0.15, 0.2) is 0 Å². The summed E-state index contributed by atoms with van der Waals surface area (Å²) in [6, 6.07) is 17.7. The van der Waals surface area contributed by atoms with Crippen molar-refractivity contribution >= 4 is 67.5 Å². The second kappa shape index (κ2) is 9.93. The van der Waals surface area contributed by atoms with Crippen molar-refractivity contribution in [2.45, 2.75) is 20.8 Å². The van der Waals surface area contributed by atoms with Crippen LogP contribution in [0, 0.1) is 20.8 Å². The summed E-state index contributed by atoms with van der Waals surface area (Å²) in [5, 5.41) is 6.59. The Hall–Kier alpha value is -3.62. The van der Waals surface area contributed by atoms with Crippen LogP contribution in [0.5, 0.6) is 0 Å². The molecule has 0 bridgehead atoms. The first kappa shape index (κ1) is 24.5. The van der Waals surface area contributed by atoms with Crippen molar-refractivity contribution in [2.24, 2.45) is 0 Å². The van der Waals surface area contributed by atoms with Crippen molar-refractivity contribution in [3.8, 4) is 0 Å². The maximum atomic E-state index is 13.2. The van der Waals surface area contributed by atoms with Crippen molar-refractivity contribution in [1.82, 2.24) is 4.68 Å². The summed E-state index contributed by atoms with van der Waals surface area (Å²) in [4.78, 5) is 38.8. The van der Waals surface area contributed by atoms with Crippen LogP contribution in [0.15, 0.2) is 65.1 Å². The van der Waals surface area contributed by atoms with Gasteiger partial charge in [0.05, 0.1) is 11.2 Å². The fraction of sp³-hybridized carbons (Fsp3) is 0.115. The number of hydrogen-bond acceptors (Lipinski definition) is 3. The number of halogens is 2. The number of benzene rings is 3. The number of aromatic nitrogens is 1. The standard InChI is InChI=1S/C26H22BrClN4O3/c1-14-7-9-20(19(27)11-14)29-24(33)22-13-17-12-18(28)8-10-21(17)32(22)31-26(35)25(34)30-23-15(2)5-4-6-16(23)3/h4-13H,1-3H3,(H,29,33)(H,30,34)(H,31,35). The van der Waals surface area contributed by atoms with Gasteiger partial charge in [-0.1, -0.05) is 35.9 Å². The minimum absolute atomic E-state index is 0.128. The molecule has 0 aliphatic rings. The van der Waals surface area contributed by atoms with Crippen molar-refractivity contribution in [3.05, 3.63) is 92.5 Å². The van der Waals surface area contributed by atoms with E-state index in [1.54, 1.807) is 30.3 Å². The van der Waals surface area contributed by atoms with Crippen LogP contribution < -0.4 is 16.1 Å². The molecule has 0 saturated heterocycles. The van der Waals surface area contributed by atoms with Crippen molar-refractivity contribution in [3.63, 3.8) is 0 Å². The number of amides is 3. The molecule has 1 aromatic heterocycles. The molecule has 0 fully saturated rings. The molecule has 3 aromatic carbocycles. The van der Waals surface area contributed by atoms with Gasteiger partial charge in [0.2, 0.25) is 0 Å². The number of anilines is 2. The third-order valence-corrected chi connectivity index (χ3v) is 6.40. The van der Waals surface area contributed by atoms with E-state index in [9.17, 15) is 14.4 Å². The lowest BCUT2D eigenvalue weighted by Gasteiger charge is -2.14. The van der Waals surface area contributed by atoms with Gasteiger partial charge < -0.3 is 10.6 Å². The summed E-state index contributed by atoms with van der Waals surface area (Å²) < 4.78 is 2.00. The summed E-state index contributed by atoms with van der Waals surface area (Å²) in [6.07, 6.45) is 0. The second-order valence-corrected chi connectivity index (χ2v) is 9.46. The van der Waals surface area contributed by atoms with Crippen LogP contribution in [0.2, 0.25) is 5.02 Å². The number of rotatable bonds is 4. The molecule has 0 aliphatic heterocycles. The molecule has 9 heteroatoms. The van der Waals surface area contributed by atoms with Crippen LogP contribution in [0.1, 0.15) is 27.2 Å². The Morgan fingerprint density at radius 3 is 2.26 bits per heavy atom. The number of carbonyl (C=O) groups is 3. The van der Waals surface area contributed by atoms with Gasteiger partial charge in [0.25, 0.3) is 5.91 Å². The van der Waals surface area contributed by atoms with Crippen LogP contribution in [-0.4, -0.2) is 22.4 Å². The summed E-state index contributed by atoms with van der Waals surface area (Å²) in [5.41, 5.74) is 7.01. The monoisotopic (exact) mass is 552 g/mol. The molecule has 0 atom stereocenters. The Labute approximate surface area is 215 Å². The van der Waals surface area contributed by atoms with Crippen LogP contribution in [0.4, 0.5) is 11.4 Å². The molecule has 3 amide bonds. The molecule has 1 heterocycles. The Balaban J connectivity index is 1.65. The highest BCUT2D eigenvalue weighted by atomic mass is 79.9. The van der Waals surface area contributed by atoms with Crippen LogP contribution in [-0.2, 0) is 9.59 Å². The first-order chi connectivity index (χ1) is 16.6. The van der Waals surface area contributed by atoms with E-state index in [-0.39, 0.29) is 5.69 Å². The van der Waals surface area contributed by atoms with Gasteiger partial charge in [-0.3, -0.25) is 19.8 Å². The summed E-state index contributed by atoms with van der Waals surface area (Å²) in [7, 11) is 0. The first-order valence-corrected chi connectivity index (χ1v) is 11.9. The topological polar surface area (TPSA) is 92.2 Å². The van der Waals surface area contributed by atoms with E-state index in [1.807, 2.05) is 51.1 Å². The van der Waals surface area contributed by atoms with Crippen molar-refractivity contribution in [1.29, 1.82) is 0 Å². The number of nitrogens with one attached hydrogen (secondary N) is 3. The van der Waals surface area contributed by atoms with Crippen LogP contribution in [0.3, 0.4) is 0 Å². The van der Waals surface area contributed by atoms with Gasteiger partial charge in [-0.25, -0.2) is 4.68 Å². The zero-order chi connectivity index (χ0) is 25.3. The Morgan fingerprint density at radius 1 is 0.857 bits per heavy atom. The molecule has 0 spiro atoms. The molecule has 7 nitrogen and oxygen atoms in total. The van der Waals surface area contributed by atoms with Gasteiger partial charge in [0.1, 0.15) is 5.69 Å². The van der Waals surface area contributed by atoms with Gasteiger partial charge in [-0.15, -0.1) is 0 Å². The second-order valence-electron chi connectivity index (χ2n) is 8.17. The van der Waals surface area contributed by atoms with Crippen molar-refractivity contribution < 1.29 is 14.4 Å². The zero-order valence-corrected chi connectivity index (χ0v) is 21.5. The fourth-order valence-corrected chi connectivity index (χ4v) is 4.49. The van der Waals surface area contributed by atoms with Crippen molar-refractivity contribution in [2.75, 3.05) is 16.1 Å².